The third kappa shape index (κ3) is 3.48. The highest BCUT2D eigenvalue weighted by Crippen LogP contribution is 2.28. The molecule has 0 unspecified atom stereocenters. The predicted molar refractivity (Wildman–Crippen MR) is 90.9 cm³/mol. The Labute approximate surface area is 146 Å². The van der Waals surface area contributed by atoms with Gasteiger partial charge in [0.2, 0.25) is 5.91 Å². The highest BCUT2D eigenvalue weighted by atomic mass is 35.5. The molecule has 1 aliphatic heterocycles. The maximum absolute atomic E-state index is 12.6. The topological polar surface area (TPSA) is 40.6 Å². The quantitative estimate of drug-likeness (QED) is 0.815. The monoisotopic (exact) mass is 354 g/mol. The van der Waals surface area contributed by atoms with Crippen LogP contribution in [0.15, 0.2) is 18.2 Å². The van der Waals surface area contributed by atoms with Crippen LogP contribution in [0, 0.1) is 5.92 Å². The minimum Gasteiger partial charge on any atom is -0.339 e. The molecule has 0 bridgehead atoms. The Hall–Kier alpha value is -1.26. The summed E-state index contributed by atoms with van der Waals surface area (Å²) in [5, 5.41) is 0.677. The Kier molecular flexibility index (Phi) is 5.12. The molecular formula is C17H20Cl2N2O2. The molecule has 4 nitrogen and oxygen atoms in total. The molecule has 23 heavy (non-hydrogen) atoms. The van der Waals surface area contributed by atoms with Gasteiger partial charge in [-0.2, -0.15) is 0 Å². The molecule has 0 aromatic heterocycles. The average Bonchev–Trinajstić information content (AvgIpc) is 3.11. The molecule has 1 aromatic carbocycles. The zero-order valence-corrected chi connectivity index (χ0v) is 14.4. The van der Waals surface area contributed by atoms with E-state index in [0.717, 1.165) is 25.7 Å². The van der Waals surface area contributed by atoms with E-state index in [0.29, 0.717) is 41.8 Å². The van der Waals surface area contributed by atoms with Gasteiger partial charge in [-0.3, -0.25) is 9.59 Å². The van der Waals surface area contributed by atoms with Gasteiger partial charge in [-0.25, -0.2) is 0 Å². The fraction of sp³-hybridized carbons (Fsp3) is 0.529. The number of nitrogens with zero attached hydrogens (tertiary/aromatic N) is 2. The Morgan fingerprint density at radius 2 is 1.57 bits per heavy atom. The van der Waals surface area contributed by atoms with Gasteiger partial charge < -0.3 is 9.80 Å². The first kappa shape index (κ1) is 16.6. The largest absolute Gasteiger partial charge is 0.339 e. The average molecular weight is 355 g/mol. The minimum atomic E-state index is -0.120. The maximum Gasteiger partial charge on any atom is 0.255 e. The molecule has 1 heterocycles. The number of piperazine rings is 1. The summed E-state index contributed by atoms with van der Waals surface area (Å²) in [4.78, 5) is 28.7. The van der Waals surface area contributed by atoms with E-state index < -0.39 is 0 Å². The number of carbonyl (C=O) groups is 2. The molecular weight excluding hydrogens is 335 g/mol. The summed E-state index contributed by atoms with van der Waals surface area (Å²) in [5.41, 5.74) is 0.426. The molecule has 6 heteroatoms. The standard InChI is InChI=1S/C17H20Cl2N2O2/c18-14-7-3-6-13(15(14)19)17(23)21-10-8-20(9-11-21)16(22)12-4-1-2-5-12/h3,6-7,12H,1-2,4-5,8-11H2. The molecule has 2 amide bonds. The Morgan fingerprint density at radius 1 is 0.957 bits per heavy atom. The predicted octanol–water partition coefficient (Wildman–Crippen LogP) is 3.47. The summed E-state index contributed by atoms with van der Waals surface area (Å²) in [6, 6.07) is 5.08. The minimum absolute atomic E-state index is 0.120. The lowest BCUT2D eigenvalue weighted by Gasteiger charge is -2.36. The molecule has 1 aromatic rings. The molecule has 1 saturated carbocycles. The summed E-state index contributed by atoms with van der Waals surface area (Å²) in [6.45, 7) is 2.28. The highest BCUT2D eigenvalue weighted by Gasteiger charge is 2.31. The first-order chi connectivity index (χ1) is 11.1. The van der Waals surface area contributed by atoms with Crippen molar-refractivity contribution in [2.75, 3.05) is 26.2 Å². The van der Waals surface area contributed by atoms with E-state index in [9.17, 15) is 9.59 Å². The van der Waals surface area contributed by atoms with E-state index in [1.165, 1.54) is 0 Å². The Balaban J connectivity index is 1.61. The van der Waals surface area contributed by atoms with E-state index in [-0.39, 0.29) is 17.7 Å². The van der Waals surface area contributed by atoms with Crippen LogP contribution in [0.5, 0.6) is 0 Å². The molecule has 1 aliphatic carbocycles. The van der Waals surface area contributed by atoms with Gasteiger partial charge in [0, 0.05) is 32.1 Å². The fourth-order valence-corrected chi connectivity index (χ4v) is 3.78. The summed E-state index contributed by atoms with van der Waals surface area (Å²) < 4.78 is 0. The van der Waals surface area contributed by atoms with Crippen LogP contribution in [0.3, 0.4) is 0 Å². The summed E-state index contributed by atoms with van der Waals surface area (Å²) in [6.07, 6.45) is 4.33. The second-order valence-electron chi connectivity index (χ2n) is 6.20. The van der Waals surface area contributed by atoms with Crippen LogP contribution in [0.4, 0.5) is 0 Å². The SMILES string of the molecule is O=C(c1cccc(Cl)c1Cl)N1CCN(C(=O)C2CCCC2)CC1. The van der Waals surface area contributed by atoms with Crippen LogP contribution < -0.4 is 0 Å². The van der Waals surface area contributed by atoms with Crippen molar-refractivity contribution in [2.45, 2.75) is 25.7 Å². The van der Waals surface area contributed by atoms with Crippen molar-refractivity contribution in [3.8, 4) is 0 Å². The van der Waals surface area contributed by atoms with Crippen molar-refractivity contribution in [2.24, 2.45) is 5.92 Å². The summed E-state index contributed by atoms with van der Waals surface area (Å²) in [5.74, 6) is 0.334. The van der Waals surface area contributed by atoms with Crippen LogP contribution in [0.25, 0.3) is 0 Å². The van der Waals surface area contributed by atoms with Crippen molar-refractivity contribution in [3.63, 3.8) is 0 Å². The van der Waals surface area contributed by atoms with Crippen LogP contribution in [-0.4, -0.2) is 47.8 Å². The van der Waals surface area contributed by atoms with Crippen LogP contribution >= 0.6 is 23.2 Å². The molecule has 0 atom stereocenters. The van der Waals surface area contributed by atoms with Gasteiger partial charge in [0.1, 0.15) is 0 Å². The molecule has 2 aliphatic rings. The van der Waals surface area contributed by atoms with Crippen LogP contribution in [-0.2, 0) is 4.79 Å². The number of halogens is 2. The third-order valence-corrected chi connectivity index (χ3v) is 5.58. The van der Waals surface area contributed by atoms with Crippen molar-refractivity contribution >= 4 is 35.0 Å². The molecule has 124 valence electrons. The number of carbonyl (C=O) groups excluding carboxylic acids is 2. The van der Waals surface area contributed by atoms with E-state index >= 15 is 0 Å². The van der Waals surface area contributed by atoms with Gasteiger partial charge in [-0.15, -0.1) is 0 Å². The first-order valence-corrected chi connectivity index (χ1v) is 8.85. The third-order valence-electron chi connectivity index (χ3n) is 4.76. The van der Waals surface area contributed by atoms with E-state index in [4.69, 9.17) is 23.2 Å². The van der Waals surface area contributed by atoms with Gasteiger partial charge >= 0.3 is 0 Å². The Morgan fingerprint density at radius 3 is 2.22 bits per heavy atom. The normalized spacial score (nSPS) is 19.2. The van der Waals surface area contributed by atoms with Crippen molar-refractivity contribution in [1.29, 1.82) is 0 Å². The van der Waals surface area contributed by atoms with Crippen molar-refractivity contribution < 1.29 is 9.59 Å². The van der Waals surface area contributed by atoms with Gasteiger partial charge in [-0.1, -0.05) is 42.1 Å². The molecule has 0 radical (unpaired) electrons. The number of hydrogen-bond acceptors (Lipinski definition) is 2. The van der Waals surface area contributed by atoms with Gasteiger partial charge in [0.05, 0.1) is 15.6 Å². The van der Waals surface area contributed by atoms with Crippen LogP contribution in [0.2, 0.25) is 10.0 Å². The van der Waals surface area contributed by atoms with Gasteiger partial charge in [-0.05, 0) is 25.0 Å². The van der Waals surface area contributed by atoms with Gasteiger partial charge in [0.15, 0.2) is 0 Å². The Bertz CT molecular complexity index is 607. The summed E-state index contributed by atoms with van der Waals surface area (Å²) in [7, 11) is 0. The van der Waals surface area contributed by atoms with E-state index in [1.807, 2.05) is 4.90 Å². The van der Waals surface area contributed by atoms with E-state index in [2.05, 4.69) is 0 Å². The second-order valence-corrected chi connectivity index (χ2v) is 6.99. The number of amides is 2. The molecule has 0 N–H and O–H groups in total. The number of benzene rings is 1. The van der Waals surface area contributed by atoms with Gasteiger partial charge in [0.25, 0.3) is 5.91 Å². The smallest absolute Gasteiger partial charge is 0.255 e. The lowest BCUT2D eigenvalue weighted by atomic mass is 10.1. The van der Waals surface area contributed by atoms with Crippen molar-refractivity contribution in [1.82, 2.24) is 9.80 Å². The van der Waals surface area contributed by atoms with Crippen LogP contribution in [0.1, 0.15) is 36.0 Å². The first-order valence-electron chi connectivity index (χ1n) is 8.10. The lowest BCUT2D eigenvalue weighted by molar-refractivity contribution is -0.136. The van der Waals surface area contributed by atoms with Crippen molar-refractivity contribution in [3.05, 3.63) is 33.8 Å². The molecule has 1 saturated heterocycles. The molecule has 3 rings (SSSR count). The second kappa shape index (κ2) is 7.10. The zero-order valence-electron chi connectivity index (χ0n) is 12.9. The molecule has 0 spiro atoms. The number of rotatable bonds is 2. The maximum atomic E-state index is 12.6. The van der Waals surface area contributed by atoms with E-state index in [1.54, 1.807) is 23.1 Å². The molecule has 2 fully saturated rings. The zero-order chi connectivity index (χ0) is 16.4. The number of hydrogen-bond donors (Lipinski definition) is 0. The highest BCUT2D eigenvalue weighted by molar-refractivity contribution is 6.43. The lowest BCUT2D eigenvalue weighted by Crippen LogP contribution is -2.51. The summed E-state index contributed by atoms with van der Waals surface area (Å²) >= 11 is 12.1. The fourth-order valence-electron chi connectivity index (χ4n) is 3.40.